The second kappa shape index (κ2) is 15.8. The van der Waals surface area contributed by atoms with Crippen LogP contribution in [0.5, 0.6) is 5.75 Å². The van der Waals surface area contributed by atoms with Gasteiger partial charge in [0.05, 0.1) is 35.7 Å². The number of likely N-dealkylation sites (tertiary alicyclic amines) is 1. The van der Waals surface area contributed by atoms with Gasteiger partial charge in [-0.15, -0.1) is 11.3 Å². The van der Waals surface area contributed by atoms with E-state index < -0.39 is 53.7 Å². The third-order valence-electron chi connectivity index (χ3n) is 11.1. The molecule has 4 saturated heterocycles. The van der Waals surface area contributed by atoms with Crippen LogP contribution in [0.15, 0.2) is 29.6 Å². The highest BCUT2D eigenvalue weighted by Gasteiger charge is 2.45. The van der Waals surface area contributed by atoms with Gasteiger partial charge in [-0.2, -0.15) is 4.39 Å². The number of nitrogens with zero attached hydrogens (tertiary/aromatic N) is 6. The molecule has 5 amide bonds. The summed E-state index contributed by atoms with van der Waals surface area (Å²) in [5, 5.41) is 4.66. The van der Waals surface area contributed by atoms with E-state index in [4.69, 9.17) is 9.47 Å². The van der Waals surface area contributed by atoms with Crippen molar-refractivity contribution in [1.82, 2.24) is 25.0 Å². The molecule has 1 aromatic heterocycles. The van der Waals surface area contributed by atoms with Crippen LogP contribution in [0.25, 0.3) is 11.3 Å². The van der Waals surface area contributed by atoms with Gasteiger partial charge < -0.3 is 24.2 Å². The summed E-state index contributed by atoms with van der Waals surface area (Å²) in [4.78, 5) is 76.9. The smallest absolute Gasteiger partial charge is 0.262 e. The molecule has 56 heavy (non-hydrogen) atoms. The number of nitrogens with one attached hydrogen (secondary N) is 1. The SMILES string of the molecule is O=C1CCC(N2C(=O)c3cc(F)c(N4CCN(CC5CCN(C(=O)COc6c(-c7csc(N8CCOCC8)n7)ccc(F)c6F)CC5)CC4)cc3C2=O)C(=O)N1. The summed E-state index contributed by atoms with van der Waals surface area (Å²) in [6.45, 7) is 6.06. The molecule has 5 aliphatic rings. The van der Waals surface area contributed by atoms with E-state index in [2.05, 4.69) is 20.1 Å². The van der Waals surface area contributed by atoms with Gasteiger partial charge in [-0.1, -0.05) is 0 Å². The minimum Gasteiger partial charge on any atom is -0.480 e. The number of hydrogen-bond acceptors (Lipinski definition) is 12. The Hall–Kier alpha value is -5.07. The zero-order valence-corrected chi connectivity index (χ0v) is 31.3. The summed E-state index contributed by atoms with van der Waals surface area (Å²) in [6, 6.07) is 3.74. The Morgan fingerprint density at radius 3 is 2.29 bits per heavy atom. The number of hydrogen-bond donors (Lipinski definition) is 1. The Morgan fingerprint density at radius 1 is 0.857 bits per heavy atom. The van der Waals surface area contributed by atoms with Gasteiger partial charge in [0.25, 0.3) is 17.7 Å². The van der Waals surface area contributed by atoms with Crippen LogP contribution in [0.1, 0.15) is 46.4 Å². The zero-order valence-electron chi connectivity index (χ0n) is 30.4. The number of thiazole rings is 1. The second-order valence-corrected chi connectivity index (χ2v) is 15.4. The molecule has 1 unspecified atom stereocenters. The average molecular weight is 796 g/mol. The molecule has 296 valence electrons. The maximum atomic E-state index is 15.4. The first kappa shape index (κ1) is 37.8. The predicted octanol–water partition coefficient (Wildman–Crippen LogP) is 2.90. The third-order valence-corrected chi connectivity index (χ3v) is 12.0. The number of benzene rings is 2. The Labute approximate surface area is 324 Å². The number of piperazine rings is 1. The first-order chi connectivity index (χ1) is 27.0. The van der Waals surface area contributed by atoms with E-state index in [0.29, 0.717) is 77.2 Å². The average Bonchev–Trinajstić information content (AvgIpc) is 3.78. The molecule has 8 rings (SSSR count). The second-order valence-electron chi connectivity index (χ2n) is 14.5. The van der Waals surface area contributed by atoms with Gasteiger partial charge in [-0.05, 0) is 49.4 Å². The topological polar surface area (TPSA) is 145 Å². The molecular formula is C38H40F3N7O7S. The lowest BCUT2D eigenvalue weighted by atomic mass is 9.96. The number of halogens is 3. The molecule has 6 heterocycles. The van der Waals surface area contributed by atoms with Crippen molar-refractivity contribution in [2.45, 2.75) is 31.7 Å². The lowest BCUT2D eigenvalue weighted by Crippen LogP contribution is -2.54. The molecule has 1 atom stereocenters. The van der Waals surface area contributed by atoms with Gasteiger partial charge in [-0.25, -0.2) is 13.8 Å². The first-order valence-electron chi connectivity index (χ1n) is 18.7. The number of ether oxygens (including phenoxy) is 2. The standard InChI is InChI=1S/C38H40F3N7O7S/c39-26-2-1-23(28-21-56-38(42-28)47-13-15-54-16-14-47)34(33(26)41)55-20-32(50)46-7-5-22(6-8-46)19-44-9-11-45(12-10-44)30-18-25-24(17-27(30)40)36(52)48(37(25)53)29-3-4-31(49)43-35(29)51/h1-2,17-18,21-22,29H,3-16,19-20H2,(H,43,49,51). The predicted molar refractivity (Wildman–Crippen MR) is 197 cm³/mol. The fraction of sp³-hybridized carbons (Fsp3) is 0.474. The van der Waals surface area contributed by atoms with Crippen molar-refractivity contribution in [3.05, 3.63) is 58.2 Å². The number of carbonyl (C=O) groups is 5. The Morgan fingerprint density at radius 2 is 1.57 bits per heavy atom. The number of imide groups is 2. The molecule has 14 nitrogen and oxygen atoms in total. The quantitative estimate of drug-likeness (QED) is 0.320. The molecule has 18 heteroatoms. The molecule has 5 aliphatic heterocycles. The number of morpholine rings is 1. The van der Waals surface area contributed by atoms with Gasteiger partial charge in [0.1, 0.15) is 11.9 Å². The Bertz CT molecular complexity index is 2060. The summed E-state index contributed by atoms with van der Waals surface area (Å²) >= 11 is 1.39. The van der Waals surface area contributed by atoms with Crippen LogP contribution in [0.2, 0.25) is 0 Å². The number of anilines is 2. The van der Waals surface area contributed by atoms with Crippen molar-refractivity contribution < 1.29 is 46.6 Å². The molecule has 2 aromatic carbocycles. The normalized spacial score (nSPS) is 21.2. The highest BCUT2D eigenvalue weighted by molar-refractivity contribution is 7.14. The minimum atomic E-state index is -1.17. The number of piperidine rings is 2. The first-order valence-corrected chi connectivity index (χ1v) is 19.6. The summed E-state index contributed by atoms with van der Waals surface area (Å²) in [6.07, 6.45) is 1.50. The Balaban J connectivity index is 0.819. The molecule has 0 aliphatic carbocycles. The van der Waals surface area contributed by atoms with Gasteiger partial charge in [-0.3, -0.25) is 39.1 Å². The number of amides is 5. The fourth-order valence-corrected chi connectivity index (χ4v) is 8.89. The van der Waals surface area contributed by atoms with E-state index >= 15 is 8.78 Å². The van der Waals surface area contributed by atoms with Gasteiger partial charge in [0.2, 0.25) is 17.6 Å². The van der Waals surface area contributed by atoms with E-state index in [1.54, 1.807) is 10.3 Å². The lowest BCUT2D eigenvalue weighted by Gasteiger charge is -2.39. The van der Waals surface area contributed by atoms with Crippen LogP contribution in [0.4, 0.5) is 24.0 Å². The molecule has 3 aromatic rings. The fourth-order valence-electron chi connectivity index (χ4n) is 8.01. The molecule has 0 spiro atoms. The van der Waals surface area contributed by atoms with Crippen LogP contribution >= 0.6 is 11.3 Å². The van der Waals surface area contributed by atoms with Crippen LogP contribution in [0.3, 0.4) is 0 Å². The number of rotatable bonds is 9. The van der Waals surface area contributed by atoms with E-state index in [9.17, 15) is 28.4 Å². The van der Waals surface area contributed by atoms with Crippen LogP contribution in [0, 0.1) is 23.4 Å². The number of fused-ring (bicyclic) bond motifs is 1. The summed E-state index contributed by atoms with van der Waals surface area (Å²) in [7, 11) is 0. The van der Waals surface area contributed by atoms with Gasteiger partial charge in [0.15, 0.2) is 23.3 Å². The molecular weight excluding hydrogens is 756 g/mol. The minimum absolute atomic E-state index is 0.00680. The lowest BCUT2D eigenvalue weighted by molar-refractivity contribution is -0.136. The van der Waals surface area contributed by atoms with Crippen LogP contribution in [-0.2, 0) is 19.1 Å². The molecule has 1 N–H and O–H groups in total. The van der Waals surface area contributed by atoms with Crippen molar-refractivity contribution in [2.24, 2.45) is 5.92 Å². The molecule has 0 saturated carbocycles. The number of carbonyl (C=O) groups excluding carboxylic acids is 5. The Kier molecular flexibility index (Phi) is 10.7. The zero-order chi connectivity index (χ0) is 39.1. The van der Waals surface area contributed by atoms with Crippen molar-refractivity contribution in [1.29, 1.82) is 0 Å². The third kappa shape index (κ3) is 7.44. The maximum absolute atomic E-state index is 15.4. The maximum Gasteiger partial charge on any atom is 0.262 e. The van der Waals surface area contributed by atoms with E-state index in [1.807, 2.05) is 4.90 Å². The highest BCUT2D eigenvalue weighted by Crippen LogP contribution is 2.37. The van der Waals surface area contributed by atoms with Crippen molar-refractivity contribution in [2.75, 3.05) is 88.5 Å². The monoisotopic (exact) mass is 795 g/mol. The molecule has 4 fully saturated rings. The van der Waals surface area contributed by atoms with Crippen molar-refractivity contribution in [3.63, 3.8) is 0 Å². The number of aromatic nitrogens is 1. The summed E-state index contributed by atoms with van der Waals surface area (Å²) in [5.41, 5.74) is 0.838. The summed E-state index contributed by atoms with van der Waals surface area (Å²) < 4.78 is 55.8. The van der Waals surface area contributed by atoms with Crippen molar-refractivity contribution in [3.8, 4) is 17.0 Å². The van der Waals surface area contributed by atoms with Crippen LogP contribution in [-0.4, -0.2) is 134 Å². The van der Waals surface area contributed by atoms with Gasteiger partial charge in [0, 0.05) is 76.3 Å². The highest BCUT2D eigenvalue weighted by atomic mass is 32.1. The molecule has 0 radical (unpaired) electrons. The van der Waals surface area contributed by atoms with Gasteiger partial charge >= 0.3 is 0 Å². The van der Waals surface area contributed by atoms with E-state index in [0.717, 1.165) is 41.6 Å². The molecule has 0 bridgehead atoms. The summed E-state index contributed by atoms with van der Waals surface area (Å²) in [5.74, 6) is -5.89. The van der Waals surface area contributed by atoms with E-state index in [-0.39, 0.29) is 46.9 Å². The largest absolute Gasteiger partial charge is 0.480 e. The van der Waals surface area contributed by atoms with E-state index in [1.165, 1.54) is 23.5 Å². The van der Waals surface area contributed by atoms with Crippen LogP contribution < -0.4 is 19.9 Å². The van der Waals surface area contributed by atoms with Crippen molar-refractivity contribution >= 4 is 51.7 Å².